The van der Waals surface area contributed by atoms with Crippen molar-refractivity contribution in [1.82, 2.24) is 25.5 Å². The molecule has 1 aliphatic rings. The normalized spacial score (nSPS) is 14.4. The maximum absolute atomic E-state index is 14.4. The van der Waals surface area contributed by atoms with E-state index in [0.29, 0.717) is 11.1 Å². The number of aromatic hydroxyl groups is 1. The molecular weight excluding hydrogens is 518 g/mol. The number of anilines is 1. The number of amides is 2. The van der Waals surface area contributed by atoms with Crippen molar-refractivity contribution in [3.63, 3.8) is 0 Å². The number of benzene rings is 3. The number of halogens is 2. The van der Waals surface area contributed by atoms with Gasteiger partial charge in [0, 0.05) is 17.3 Å². The number of hydrogen-bond donors (Lipinski definition) is 2. The molecule has 1 aromatic heterocycles. The lowest BCUT2D eigenvalue weighted by Gasteiger charge is -2.33. The molecule has 0 unspecified atom stereocenters. The number of phenols is 1. The molecule has 1 aliphatic carbocycles. The van der Waals surface area contributed by atoms with Crippen LogP contribution in [-0.4, -0.2) is 43.2 Å². The fourth-order valence-corrected chi connectivity index (χ4v) is 4.89. The number of hydrogen-bond acceptors (Lipinski definition) is 6. The van der Waals surface area contributed by atoms with Gasteiger partial charge in [0.1, 0.15) is 30.0 Å². The maximum atomic E-state index is 14.4. The predicted octanol–water partition coefficient (Wildman–Crippen LogP) is 4.55. The Balaban J connectivity index is 1.50. The van der Waals surface area contributed by atoms with Gasteiger partial charge in [0.2, 0.25) is 11.7 Å². The Morgan fingerprint density at radius 1 is 0.975 bits per heavy atom. The fraction of sp³-hybridized carbons (Fsp3) is 0.276. The van der Waals surface area contributed by atoms with Crippen molar-refractivity contribution in [3.05, 3.63) is 90.0 Å². The van der Waals surface area contributed by atoms with Gasteiger partial charge < -0.3 is 10.4 Å². The molecule has 9 nitrogen and oxygen atoms in total. The second kappa shape index (κ2) is 12.0. The van der Waals surface area contributed by atoms with Crippen molar-refractivity contribution in [2.45, 2.75) is 50.7 Å². The first-order chi connectivity index (χ1) is 19.4. The first-order valence-electron chi connectivity index (χ1n) is 13.1. The van der Waals surface area contributed by atoms with Crippen LogP contribution in [0.2, 0.25) is 0 Å². The summed E-state index contributed by atoms with van der Waals surface area (Å²) in [6, 6.07) is 15.7. The summed E-state index contributed by atoms with van der Waals surface area (Å²) in [5.74, 6) is -1.82. The van der Waals surface area contributed by atoms with Crippen LogP contribution in [0.1, 0.15) is 43.7 Å². The molecule has 40 heavy (non-hydrogen) atoms. The molecule has 1 fully saturated rings. The van der Waals surface area contributed by atoms with Gasteiger partial charge in [0.05, 0.1) is 0 Å². The lowest BCUT2D eigenvalue weighted by atomic mass is 9.94. The van der Waals surface area contributed by atoms with E-state index in [1.165, 1.54) is 59.5 Å². The van der Waals surface area contributed by atoms with Crippen LogP contribution in [0.3, 0.4) is 0 Å². The molecule has 1 saturated carbocycles. The van der Waals surface area contributed by atoms with E-state index in [1.54, 1.807) is 18.2 Å². The Hall–Kier alpha value is -4.67. The third kappa shape index (κ3) is 6.31. The van der Waals surface area contributed by atoms with E-state index >= 15 is 0 Å². The second-order valence-corrected chi connectivity index (χ2v) is 9.73. The quantitative estimate of drug-likeness (QED) is 0.335. The summed E-state index contributed by atoms with van der Waals surface area (Å²) >= 11 is 0. The molecule has 3 aromatic carbocycles. The summed E-state index contributed by atoms with van der Waals surface area (Å²) in [5.41, 5.74) is 1.11. The summed E-state index contributed by atoms with van der Waals surface area (Å²) in [5, 5.41) is 25.1. The number of phenolic OH excluding ortho intramolecular Hbond substituents is 1. The first kappa shape index (κ1) is 26.9. The molecule has 0 spiro atoms. The Morgan fingerprint density at radius 3 is 2.40 bits per heavy atom. The standard InChI is InChI=1S/C29H28F2N6O3/c30-21-13-9-20(10-14-21)28-33-35-36(34-28)18-26(39)37(24-8-4-5-22(31)17-24)27(19-11-15-25(38)16-12-19)29(40)32-23-6-2-1-3-7-23/h4-5,8-17,23,27,38H,1-3,6-7,18H2,(H,32,40)/t27-/m1/s1. The zero-order valence-electron chi connectivity index (χ0n) is 21.6. The summed E-state index contributed by atoms with van der Waals surface area (Å²) < 4.78 is 27.7. The molecular formula is C29H28F2N6O3. The highest BCUT2D eigenvalue weighted by molar-refractivity contribution is 6.01. The average molecular weight is 547 g/mol. The fourth-order valence-electron chi connectivity index (χ4n) is 4.89. The summed E-state index contributed by atoms with van der Waals surface area (Å²) in [6.07, 6.45) is 4.76. The zero-order valence-corrected chi connectivity index (χ0v) is 21.6. The van der Waals surface area contributed by atoms with Gasteiger partial charge in [0.15, 0.2) is 0 Å². The monoisotopic (exact) mass is 546 g/mol. The van der Waals surface area contributed by atoms with E-state index < -0.39 is 36.0 Å². The van der Waals surface area contributed by atoms with Crippen LogP contribution in [-0.2, 0) is 16.1 Å². The molecule has 4 aromatic rings. The van der Waals surface area contributed by atoms with Crippen molar-refractivity contribution in [1.29, 1.82) is 0 Å². The Morgan fingerprint density at radius 2 is 1.70 bits per heavy atom. The molecule has 0 bridgehead atoms. The van der Waals surface area contributed by atoms with Crippen LogP contribution < -0.4 is 10.2 Å². The lowest BCUT2D eigenvalue weighted by molar-refractivity contribution is -0.127. The van der Waals surface area contributed by atoms with E-state index in [0.717, 1.165) is 36.9 Å². The Labute approximate surface area is 229 Å². The molecule has 0 aliphatic heterocycles. The maximum Gasteiger partial charge on any atom is 0.251 e. The first-order valence-corrected chi connectivity index (χ1v) is 13.1. The Bertz CT molecular complexity index is 1470. The minimum atomic E-state index is -1.17. The van der Waals surface area contributed by atoms with Crippen molar-refractivity contribution >= 4 is 17.5 Å². The van der Waals surface area contributed by atoms with Crippen LogP contribution in [0.15, 0.2) is 72.8 Å². The van der Waals surface area contributed by atoms with E-state index in [1.807, 2.05) is 0 Å². The van der Waals surface area contributed by atoms with E-state index in [-0.39, 0.29) is 23.3 Å². The highest BCUT2D eigenvalue weighted by atomic mass is 19.1. The van der Waals surface area contributed by atoms with Crippen LogP contribution in [0.5, 0.6) is 5.75 Å². The number of tetrazole rings is 1. The van der Waals surface area contributed by atoms with Crippen LogP contribution >= 0.6 is 0 Å². The van der Waals surface area contributed by atoms with Gasteiger partial charge in [-0.25, -0.2) is 8.78 Å². The number of carbonyl (C=O) groups is 2. The summed E-state index contributed by atoms with van der Waals surface area (Å²) in [7, 11) is 0. The minimum absolute atomic E-state index is 0.000964. The van der Waals surface area contributed by atoms with Gasteiger partial charge in [-0.05, 0) is 78.2 Å². The average Bonchev–Trinajstić information content (AvgIpc) is 3.41. The number of nitrogens with zero attached hydrogens (tertiary/aromatic N) is 5. The van der Waals surface area contributed by atoms with Crippen molar-refractivity contribution in [3.8, 4) is 17.1 Å². The summed E-state index contributed by atoms with van der Waals surface area (Å²) in [4.78, 5) is 30.0. The van der Waals surface area contributed by atoms with E-state index in [4.69, 9.17) is 0 Å². The third-order valence-corrected chi connectivity index (χ3v) is 6.85. The lowest BCUT2D eigenvalue weighted by Crippen LogP contribution is -2.48. The van der Waals surface area contributed by atoms with Gasteiger partial charge in [-0.1, -0.05) is 37.5 Å². The predicted molar refractivity (Wildman–Crippen MR) is 143 cm³/mol. The van der Waals surface area contributed by atoms with Crippen molar-refractivity contribution < 1.29 is 23.5 Å². The van der Waals surface area contributed by atoms with Crippen molar-refractivity contribution in [2.24, 2.45) is 0 Å². The highest BCUT2D eigenvalue weighted by Crippen LogP contribution is 2.31. The smallest absolute Gasteiger partial charge is 0.251 e. The zero-order chi connectivity index (χ0) is 28.1. The van der Waals surface area contributed by atoms with Gasteiger partial charge >= 0.3 is 0 Å². The van der Waals surface area contributed by atoms with Gasteiger partial charge in [-0.15, -0.1) is 10.2 Å². The number of rotatable bonds is 8. The van der Waals surface area contributed by atoms with Crippen LogP contribution in [0.4, 0.5) is 14.5 Å². The number of nitrogens with one attached hydrogen (secondary N) is 1. The van der Waals surface area contributed by atoms with Crippen molar-refractivity contribution in [2.75, 3.05) is 4.90 Å². The van der Waals surface area contributed by atoms with Gasteiger partial charge in [-0.3, -0.25) is 14.5 Å². The topological polar surface area (TPSA) is 113 Å². The molecule has 0 saturated heterocycles. The molecule has 0 radical (unpaired) electrons. The second-order valence-electron chi connectivity index (χ2n) is 9.73. The Kier molecular flexibility index (Phi) is 8.09. The molecule has 206 valence electrons. The number of aromatic nitrogens is 4. The van der Waals surface area contributed by atoms with Gasteiger partial charge in [-0.2, -0.15) is 4.80 Å². The highest BCUT2D eigenvalue weighted by Gasteiger charge is 2.34. The van der Waals surface area contributed by atoms with E-state index in [9.17, 15) is 23.5 Å². The molecule has 2 amide bonds. The molecule has 11 heteroatoms. The van der Waals surface area contributed by atoms with E-state index in [2.05, 4.69) is 20.7 Å². The number of carbonyl (C=O) groups excluding carboxylic acids is 2. The van der Waals surface area contributed by atoms with Crippen LogP contribution in [0.25, 0.3) is 11.4 Å². The molecule has 1 heterocycles. The molecule has 1 atom stereocenters. The largest absolute Gasteiger partial charge is 0.508 e. The van der Waals surface area contributed by atoms with Gasteiger partial charge in [0.25, 0.3) is 5.91 Å². The minimum Gasteiger partial charge on any atom is -0.508 e. The molecule has 5 rings (SSSR count). The SMILES string of the molecule is O=C(NC1CCCCC1)[C@@H](c1ccc(O)cc1)N(C(=O)Cn1nnc(-c2ccc(F)cc2)n1)c1cccc(F)c1. The third-order valence-electron chi connectivity index (χ3n) is 6.85. The van der Waals surface area contributed by atoms with Crippen LogP contribution in [0, 0.1) is 11.6 Å². The molecule has 2 N–H and O–H groups in total. The summed E-state index contributed by atoms with van der Waals surface area (Å²) in [6.45, 7) is -0.407.